The molecule has 0 spiro atoms. The molecule has 1 fully saturated rings. The molecule has 0 bridgehead atoms. The van der Waals surface area contributed by atoms with Crippen molar-refractivity contribution in [1.82, 2.24) is 15.3 Å². The van der Waals surface area contributed by atoms with Gasteiger partial charge in [-0.3, -0.25) is 0 Å². The van der Waals surface area contributed by atoms with E-state index in [9.17, 15) is 0 Å². The average molecular weight is 251 g/mol. The SMILES string of the molecule is CCOc1ncnc(OC2CNCCC2C)c1C. The van der Waals surface area contributed by atoms with Gasteiger partial charge in [-0.15, -0.1) is 0 Å². The molecule has 1 saturated heterocycles. The van der Waals surface area contributed by atoms with E-state index in [1.54, 1.807) is 0 Å². The monoisotopic (exact) mass is 251 g/mol. The first-order valence-corrected chi connectivity index (χ1v) is 6.54. The van der Waals surface area contributed by atoms with E-state index in [1.807, 2.05) is 13.8 Å². The van der Waals surface area contributed by atoms with Gasteiger partial charge in [0.2, 0.25) is 11.8 Å². The van der Waals surface area contributed by atoms with Crippen LogP contribution in [0.15, 0.2) is 6.33 Å². The van der Waals surface area contributed by atoms with Crippen LogP contribution in [0, 0.1) is 12.8 Å². The Bertz CT molecular complexity index is 398. The fraction of sp³-hybridized carbons (Fsp3) is 0.692. The minimum absolute atomic E-state index is 0.168. The lowest BCUT2D eigenvalue weighted by atomic mass is 9.97. The Morgan fingerprint density at radius 3 is 2.89 bits per heavy atom. The van der Waals surface area contributed by atoms with Gasteiger partial charge in [-0.2, -0.15) is 0 Å². The van der Waals surface area contributed by atoms with Crippen LogP contribution in [-0.4, -0.2) is 35.8 Å². The predicted octanol–water partition coefficient (Wildman–Crippen LogP) is 1.56. The third-order valence-electron chi connectivity index (χ3n) is 3.29. The summed E-state index contributed by atoms with van der Waals surface area (Å²) in [6, 6.07) is 0. The molecule has 1 aromatic heterocycles. The quantitative estimate of drug-likeness (QED) is 0.880. The maximum atomic E-state index is 5.99. The summed E-state index contributed by atoms with van der Waals surface area (Å²) in [5, 5.41) is 3.35. The zero-order valence-corrected chi connectivity index (χ0v) is 11.3. The summed E-state index contributed by atoms with van der Waals surface area (Å²) in [5.74, 6) is 1.78. The fourth-order valence-electron chi connectivity index (χ4n) is 2.08. The normalized spacial score (nSPS) is 23.7. The second-order valence-electron chi connectivity index (χ2n) is 4.67. The Hall–Kier alpha value is -1.36. The molecule has 1 N–H and O–H groups in total. The number of ether oxygens (including phenoxy) is 2. The van der Waals surface area contributed by atoms with Crippen molar-refractivity contribution in [3.05, 3.63) is 11.9 Å². The summed E-state index contributed by atoms with van der Waals surface area (Å²) in [7, 11) is 0. The van der Waals surface area contributed by atoms with Gasteiger partial charge in [-0.25, -0.2) is 9.97 Å². The Morgan fingerprint density at radius 2 is 2.17 bits per heavy atom. The van der Waals surface area contributed by atoms with E-state index in [0.717, 1.165) is 25.1 Å². The number of piperidine rings is 1. The third-order valence-corrected chi connectivity index (χ3v) is 3.29. The number of aromatic nitrogens is 2. The van der Waals surface area contributed by atoms with Gasteiger partial charge in [0.25, 0.3) is 0 Å². The van der Waals surface area contributed by atoms with Crippen molar-refractivity contribution in [3.8, 4) is 11.8 Å². The predicted molar refractivity (Wildman–Crippen MR) is 69.0 cm³/mol. The van der Waals surface area contributed by atoms with E-state index in [4.69, 9.17) is 9.47 Å². The van der Waals surface area contributed by atoms with Gasteiger partial charge < -0.3 is 14.8 Å². The summed E-state index contributed by atoms with van der Waals surface area (Å²) in [5.41, 5.74) is 0.872. The zero-order valence-electron chi connectivity index (χ0n) is 11.3. The van der Waals surface area contributed by atoms with E-state index >= 15 is 0 Å². The van der Waals surface area contributed by atoms with Crippen LogP contribution < -0.4 is 14.8 Å². The first-order valence-electron chi connectivity index (χ1n) is 6.54. The lowest BCUT2D eigenvalue weighted by molar-refractivity contribution is 0.108. The van der Waals surface area contributed by atoms with Crippen molar-refractivity contribution in [2.75, 3.05) is 19.7 Å². The summed E-state index contributed by atoms with van der Waals surface area (Å²) in [6.07, 6.45) is 2.79. The van der Waals surface area contributed by atoms with Crippen LogP contribution in [0.4, 0.5) is 0 Å². The molecule has 2 heterocycles. The van der Waals surface area contributed by atoms with E-state index in [2.05, 4.69) is 22.2 Å². The molecular weight excluding hydrogens is 230 g/mol. The van der Waals surface area contributed by atoms with Gasteiger partial charge in [0.1, 0.15) is 12.4 Å². The molecule has 0 aromatic carbocycles. The highest BCUT2D eigenvalue weighted by Crippen LogP contribution is 2.25. The lowest BCUT2D eigenvalue weighted by Crippen LogP contribution is -2.43. The van der Waals surface area contributed by atoms with Gasteiger partial charge in [-0.05, 0) is 32.7 Å². The van der Waals surface area contributed by atoms with E-state index in [1.165, 1.54) is 6.33 Å². The van der Waals surface area contributed by atoms with Crippen molar-refractivity contribution in [3.63, 3.8) is 0 Å². The minimum atomic E-state index is 0.168. The summed E-state index contributed by atoms with van der Waals surface area (Å²) < 4.78 is 11.4. The van der Waals surface area contributed by atoms with Crippen LogP contribution in [0.1, 0.15) is 25.8 Å². The lowest BCUT2D eigenvalue weighted by Gasteiger charge is -2.30. The zero-order chi connectivity index (χ0) is 13.0. The minimum Gasteiger partial charge on any atom is -0.478 e. The Labute approximate surface area is 108 Å². The molecule has 0 saturated carbocycles. The number of hydrogen-bond acceptors (Lipinski definition) is 5. The number of nitrogens with one attached hydrogen (secondary N) is 1. The standard InChI is InChI=1S/C13H21N3O2/c1-4-17-12-10(3)13(16-8-15-12)18-11-7-14-6-5-9(11)2/h8-9,11,14H,4-7H2,1-3H3. The molecule has 5 heteroatoms. The molecule has 18 heavy (non-hydrogen) atoms. The molecule has 1 aliphatic heterocycles. The van der Waals surface area contributed by atoms with Gasteiger partial charge in [0.05, 0.1) is 12.2 Å². The summed E-state index contributed by atoms with van der Waals surface area (Å²) >= 11 is 0. The Kier molecular flexibility index (Phi) is 4.36. The molecule has 0 radical (unpaired) electrons. The van der Waals surface area contributed by atoms with Crippen molar-refractivity contribution >= 4 is 0 Å². The van der Waals surface area contributed by atoms with E-state index < -0.39 is 0 Å². The highest BCUT2D eigenvalue weighted by molar-refractivity contribution is 5.32. The molecule has 2 rings (SSSR count). The van der Waals surface area contributed by atoms with Crippen LogP contribution in [0.2, 0.25) is 0 Å². The number of nitrogens with zero attached hydrogens (tertiary/aromatic N) is 2. The van der Waals surface area contributed by atoms with Gasteiger partial charge >= 0.3 is 0 Å². The first-order chi connectivity index (χ1) is 8.72. The van der Waals surface area contributed by atoms with E-state index in [-0.39, 0.29) is 6.10 Å². The average Bonchev–Trinajstić information content (AvgIpc) is 2.37. The number of rotatable bonds is 4. The van der Waals surface area contributed by atoms with Crippen LogP contribution in [0.25, 0.3) is 0 Å². The molecule has 100 valence electrons. The van der Waals surface area contributed by atoms with Crippen molar-refractivity contribution in [2.45, 2.75) is 33.3 Å². The summed E-state index contributed by atoms with van der Waals surface area (Å²) in [6.45, 7) is 8.61. The van der Waals surface area contributed by atoms with Crippen molar-refractivity contribution in [2.24, 2.45) is 5.92 Å². The summed E-state index contributed by atoms with van der Waals surface area (Å²) in [4.78, 5) is 8.32. The van der Waals surface area contributed by atoms with Crippen LogP contribution >= 0.6 is 0 Å². The molecular formula is C13H21N3O2. The smallest absolute Gasteiger partial charge is 0.223 e. The maximum Gasteiger partial charge on any atom is 0.223 e. The van der Waals surface area contributed by atoms with Gasteiger partial charge in [-0.1, -0.05) is 6.92 Å². The highest BCUT2D eigenvalue weighted by Gasteiger charge is 2.24. The highest BCUT2D eigenvalue weighted by atomic mass is 16.5. The molecule has 5 nitrogen and oxygen atoms in total. The number of hydrogen-bond donors (Lipinski definition) is 1. The van der Waals surface area contributed by atoms with Crippen molar-refractivity contribution < 1.29 is 9.47 Å². The first kappa shape index (κ1) is 13.1. The molecule has 0 amide bonds. The van der Waals surface area contributed by atoms with E-state index in [0.29, 0.717) is 24.3 Å². The topological polar surface area (TPSA) is 56.3 Å². The van der Waals surface area contributed by atoms with Crippen LogP contribution in [0.5, 0.6) is 11.8 Å². The molecule has 1 aromatic rings. The maximum absolute atomic E-state index is 5.99. The molecule has 2 atom stereocenters. The van der Waals surface area contributed by atoms with Crippen molar-refractivity contribution in [1.29, 1.82) is 0 Å². The molecule has 2 unspecified atom stereocenters. The van der Waals surface area contributed by atoms with Crippen LogP contribution in [0.3, 0.4) is 0 Å². The van der Waals surface area contributed by atoms with Crippen LogP contribution in [-0.2, 0) is 0 Å². The second-order valence-corrected chi connectivity index (χ2v) is 4.67. The largest absolute Gasteiger partial charge is 0.478 e. The van der Waals surface area contributed by atoms with Gasteiger partial charge in [0.15, 0.2) is 0 Å². The Morgan fingerprint density at radius 1 is 1.39 bits per heavy atom. The fourth-order valence-corrected chi connectivity index (χ4v) is 2.08. The molecule has 1 aliphatic rings. The molecule has 0 aliphatic carbocycles. The second kappa shape index (κ2) is 6.00. The third kappa shape index (κ3) is 2.90. The Balaban J connectivity index is 2.10. The van der Waals surface area contributed by atoms with Gasteiger partial charge in [0, 0.05) is 6.54 Å².